The fourth-order valence-corrected chi connectivity index (χ4v) is 6.26. The molecule has 6 aromatic carbocycles. The lowest BCUT2D eigenvalue weighted by Gasteiger charge is -2.13. The highest BCUT2D eigenvalue weighted by Gasteiger charge is 2.20. The minimum absolute atomic E-state index is 0.627. The van der Waals surface area contributed by atoms with E-state index in [1.54, 1.807) is 0 Å². The average Bonchev–Trinajstić information content (AvgIpc) is 3.77. The van der Waals surface area contributed by atoms with E-state index in [2.05, 4.69) is 112 Å². The molecule has 0 amide bonds. The van der Waals surface area contributed by atoms with Crippen LogP contribution >= 0.6 is 0 Å². The molecular formula is C38H24N4O. The Labute approximate surface area is 246 Å². The second kappa shape index (κ2) is 9.29. The molecule has 0 fully saturated rings. The summed E-state index contributed by atoms with van der Waals surface area (Å²) in [7, 11) is 0. The molecule has 0 aliphatic carbocycles. The number of hydrogen-bond donors (Lipinski definition) is 0. The van der Waals surface area contributed by atoms with Crippen molar-refractivity contribution in [3.63, 3.8) is 0 Å². The van der Waals surface area contributed by atoms with Gasteiger partial charge in [-0.1, -0.05) is 84.9 Å². The first-order valence-corrected chi connectivity index (χ1v) is 14.4. The number of aromatic nitrogens is 4. The third-order valence-corrected chi connectivity index (χ3v) is 8.15. The lowest BCUT2D eigenvalue weighted by atomic mass is 10.1. The van der Waals surface area contributed by atoms with Crippen molar-refractivity contribution in [2.45, 2.75) is 0 Å². The number of imidazole rings is 1. The van der Waals surface area contributed by atoms with Crippen LogP contribution in [0.25, 0.3) is 78.2 Å². The highest BCUT2D eigenvalue weighted by molar-refractivity contribution is 6.19. The molecule has 0 unspecified atom stereocenters. The van der Waals surface area contributed by atoms with Crippen molar-refractivity contribution in [2.24, 2.45) is 0 Å². The number of oxazole rings is 1. The Morgan fingerprint density at radius 2 is 1.14 bits per heavy atom. The monoisotopic (exact) mass is 552 g/mol. The predicted octanol–water partition coefficient (Wildman–Crippen LogP) is 9.60. The summed E-state index contributed by atoms with van der Waals surface area (Å²) in [6.45, 7) is 0. The summed E-state index contributed by atoms with van der Waals surface area (Å²) in [5.41, 5.74) is 10.00. The number of rotatable bonds is 4. The quantitative estimate of drug-likeness (QED) is 0.218. The van der Waals surface area contributed by atoms with Gasteiger partial charge in [-0.25, -0.2) is 9.97 Å². The average molecular weight is 553 g/mol. The van der Waals surface area contributed by atoms with E-state index in [0.29, 0.717) is 5.89 Å². The first-order valence-electron chi connectivity index (χ1n) is 14.4. The Bertz CT molecular complexity index is 2450. The molecule has 9 aromatic rings. The smallest absolute Gasteiger partial charge is 0.227 e. The predicted molar refractivity (Wildman–Crippen MR) is 174 cm³/mol. The van der Waals surface area contributed by atoms with Gasteiger partial charge in [0.2, 0.25) is 5.89 Å². The molecule has 9 rings (SSSR count). The van der Waals surface area contributed by atoms with Crippen LogP contribution in [0.2, 0.25) is 0 Å². The van der Waals surface area contributed by atoms with Crippen LogP contribution in [0.4, 0.5) is 0 Å². The minimum Gasteiger partial charge on any atom is -0.435 e. The summed E-state index contributed by atoms with van der Waals surface area (Å²) in [5.74, 6) is 1.54. The van der Waals surface area contributed by atoms with Crippen LogP contribution < -0.4 is 0 Å². The summed E-state index contributed by atoms with van der Waals surface area (Å²) in [5, 5.41) is 2.19. The molecule has 0 aliphatic heterocycles. The maximum Gasteiger partial charge on any atom is 0.227 e. The second-order valence-electron chi connectivity index (χ2n) is 10.7. The van der Waals surface area contributed by atoms with Gasteiger partial charge in [-0.05, 0) is 60.7 Å². The van der Waals surface area contributed by atoms with E-state index in [1.807, 2.05) is 42.5 Å². The zero-order valence-corrected chi connectivity index (χ0v) is 23.1. The van der Waals surface area contributed by atoms with Gasteiger partial charge in [0.1, 0.15) is 11.3 Å². The molecule has 0 atom stereocenters. The molecule has 202 valence electrons. The van der Waals surface area contributed by atoms with Gasteiger partial charge < -0.3 is 8.98 Å². The summed E-state index contributed by atoms with van der Waals surface area (Å²) >= 11 is 0. The van der Waals surface area contributed by atoms with Crippen LogP contribution in [0.1, 0.15) is 0 Å². The Morgan fingerprint density at radius 3 is 1.95 bits per heavy atom. The summed E-state index contributed by atoms with van der Waals surface area (Å²) in [6.07, 6.45) is 0. The van der Waals surface area contributed by atoms with Crippen molar-refractivity contribution in [3.05, 3.63) is 146 Å². The van der Waals surface area contributed by atoms with Crippen molar-refractivity contribution in [3.8, 4) is 34.2 Å². The second-order valence-corrected chi connectivity index (χ2v) is 10.7. The Morgan fingerprint density at radius 1 is 0.465 bits per heavy atom. The Balaban J connectivity index is 1.29. The number of para-hydroxylation sites is 3. The van der Waals surface area contributed by atoms with E-state index in [4.69, 9.17) is 14.4 Å². The Hall–Kier alpha value is -5.94. The van der Waals surface area contributed by atoms with Crippen LogP contribution in [0.15, 0.2) is 150 Å². The highest BCUT2D eigenvalue weighted by Crippen LogP contribution is 2.39. The first-order chi connectivity index (χ1) is 21.3. The zero-order chi connectivity index (χ0) is 28.3. The van der Waals surface area contributed by atoms with E-state index in [-0.39, 0.29) is 0 Å². The zero-order valence-electron chi connectivity index (χ0n) is 23.1. The number of nitrogens with zero attached hydrogens (tertiary/aromatic N) is 4. The van der Waals surface area contributed by atoms with Gasteiger partial charge in [0, 0.05) is 27.9 Å². The standard InChI is InChI=1S/C38H24N4O/c1-3-12-25(13-4-1)37-39-30-19-8-10-21-33(30)42(37)28-17-11-16-27(24-28)41-32-20-9-7-18-29(32)35-34(41)23-22-31-36(35)43-38(40-31)26-14-5-2-6-15-26/h1-24H. The maximum atomic E-state index is 6.48. The van der Waals surface area contributed by atoms with Crippen LogP contribution in [0.3, 0.4) is 0 Å². The largest absolute Gasteiger partial charge is 0.435 e. The van der Waals surface area contributed by atoms with E-state index in [0.717, 1.165) is 72.3 Å². The molecule has 0 spiro atoms. The molecule has 3 aromatic heterocycles. The van der Waals surface area contributed by atoms with E-state index in [1.165, 1.54) is 0 Å². The van der Waals surface area contributed by atoms with Gasteiger partial charge in [0.05, 0.1) is 27.5 Å². The van der Waals surface area contributed by atoms with Crippen LogP contribution in [0, 0.1) is 0 Å². The lowest BCUT2D eigenvalue weighted by molar-refractivity contribution is 0.623. The van der Waals surface area contributed by atoms with Gasteiger partial charge in [0.25, 0.3) is 0 Å². The molecule has 5 nitrogen and oxygen atoms in total. The highest BCUT2D eigenvalue weighted by atomic mass is 16.3. The van der Waals surface area contributed by atoms with E-state index >= 15 is 0 Å². The van der Waals surface area contributed by atoms with Crippen molar-refractivity contribution < 1.29 is 4.42 Å². The molecule has 0 radical (unpaired) electrons. The van der Waals surface area contributed by atoms with Crippen molar-refractivity contribution in [2.75, 3.05) is 0 Å². The normalized spacial score (nSPS) is 11.7. The molecular weight excluding hydrogens is 528 g/mol. The fourth-order valence-electron chi connectivity index (χ4n) is 6.26. The van der Waals surface area contributed by atoms with Crippen LogP contribution in [-0.2, 0) is 0 Å². The topological polar surface area (TPSA) is 48.8 Å². The molecule has 0 saturated carbocycles. The van der Waals surface area contributed by atoms with Crippen molar-refractivity contribution in [1.82, 2.24) is 19.1 Å². The van der Waals surface area contributed by atoms with Gasteiger partial charge in [-0.2, -0.15) is 0 Å². The van der Waals surface area contributed by atoms with Gasteiger partial charge in [-0.15, -0.1) is 0 Å². The van der Waals surface area contributed by atoms with Crippen LogP contribution in [-0.4, -0.2) is 19.1 Å². The van der Waals surface area contributed by atoms with Gasteiger partial charge in [-0.3, -0.25) is 4.57 Å². The maximum absolute atomic E-state index is 6.48. The molecule has 5 heteroatoms. The van der Waals surface area contributed by atoms with Gasteiger partial charge >= 0.3 is 0 Å². The third-order valence-electron chi connectivity index (χ3n) is 8.15. The third kappa shape index (κ3) is 3.65. The van der Waals surface area contributed by atoms with Gasteiger partial charge in [0.15, 0.2) is 5.58 Å². The SMILES string of the molecule is c1ccc(-c2nc3ccc4c(c5ccccc5n4-c4cccc(-n5c(-c6ccccc6)nc6ccccc65)c4)c3o2)cc1. The number of benzene rings is 6. The number of fused-ring (bicyclic) bond motifs is 6. The summed E-state index contributed by atoms with van der Waals surface area (Å²) < 4.78 is 11.1. The molecule has 0 bridgehead atoms. The molecule has 0 aliphatic rings. The number of hydrogen-bond acceptors (Lipinski definition) is 3. The first kappa shape index (κ1) is 23.7. The fraction of sp³-hybridized carbons (Fsp3) is 0. The van der Waals surface area contributed by atoms with Crippen molar-refractivity contribution in [1.29, 1.82) is 0 Å². The van der Waals surface area contributed by atoms with Crippen molar-refractivity contribution >= 4 is 43.9 Å². The lowest BCUT2D eigenvalue weighted by Crippen LogP contribution is -2.00. The Kier molecular flexibility index (Phi) is 5.13. The molecule has 0 N–H and O–H groups in total. The van der Waals surface area contributed by atoms with Crippen LogP contribution in [0.5, 0.6) is 0 Å². The molecule has 43 heavy (non-hydrogen) atoms. The molecule has 0 saturated heterocycles. The minimum atomic E-state index is 0.627. The molecule has 3 heterocycles. The van der Waals surface area contributed by atoms with E-state index in [9.17, 15) is 0 Å². The summed E-state index contributed by atoms with van der Waals surface area (Å²) in [4.78, 5) is 9.90. The van der Waals surface area contributed by atoms with E-state index < -0.39 is 0 Å². The summed E-state index contributed by atoms with van der Waals surface area (Å²) in [6, 6.07) is 50.2.